The summed E-state index contributed by atoms with van der Waals surface area (Å²) in [5.41, 5.74) is 1.86. The van der Waals surface area contributed by atoms with Gasteiger partial charge in [0.1, 0.15) is 22.3 Å². The van der Waals surface area contributed by atoms with Gasteiger partial charge in [0.25, 0.3) is 0 Å². The molecule has 4 rings (SSSR count). The van der Waals surface area contributed by atoms with Crippen molar-refractivity contribution in [1.29, 1.82) is 0 Å². The first-order chi connectivity index (χ1) is 14.4. The fourth-order valence-electron chi connectivity index (χ4n) is 3.42. The van der Waals surface area contributed by atoms with Crippen LogP contribution in [0.3, 0.4) is 0 Å². The number of thioether (sulfide) groups is 1. The lowest BCUT2D eigenvalue weighted by Gasteiger charge is -2.08. The van der Waals surface area contributed by atoms with E-state index in [4.69, 9.17) is 14.5 Å². The average Bonchev–Trinajstić information content (AvgIpc) is 3.44. The van der Waals surface area contributed by atoms with Gasteiger partial charge in [-0.25, -0.2) is 13.4 Å². The lowest BCUT2D eigenvalue weighted by atomic mass is 10.1. The van der Waals surface area contributed by atoms with Gasteiger partial charge in [0, 0.05) is 30.2 Å². The third kappa shape index (κ3) is 4.33. The molecule has 0 amide bonds. The largest absolute Gasteiger partial charge is 0.497 e. The van der Waals surface area contributed by atoms with Crippen molar-refractivity contribution in [2.75, 3.05) is 25.7 Å². The number of rotatable bonds is 7. The molecule has 1 unspecified atom stereocenters. The Kier molecular flexibility index (Phi) is 6.03. The molecule has 11 heteroatoms. The Balaban J connectivity index is 1.46. The molecule has 1 aromatic carbocycles. The van der Waals surface area contributed by atoms with Crippen LogP contribution < -0.4 is 9.47 Å². The number of nitrogens with zero attached hydrogens (tertiary/aromatic N) is 4. The maximum atomic E-state index is 11.8. The standard InChI is InChI=1S/C19H22N4O4S3/c1-23-17(12-6-7-30(24,25)11-12)21-22-19(23)29-10-13-9-28-18(20-13)15-5-4-14(26-2)8-16(15)27-3/h4-5,8-9,12H,6-7,10-11H2,1-3H3. The Hall–Kier alpha value is -2.11. The van der Waals surface area contributed by atoms with Gasteiger partial charge in [-0.3, -0.25) is 0 Å². The lowest BCUT2D eigenvalue weighted by molar-refractivity contribution is 0.395. The molecule has 1 fully saturated rings. The summed E-state index contributed by atoms with van der Waals surface area (Å²) in [6, 6.07) is 5.67. The van der Waals surface area contributed by atoms with Crippen LogP contribution >= 0.6 is 23.1 Å². The summed E-state index contributed by atoms with van der Waals surface area (Å²) < 4.78 is 36.1. The molecule has 0 N–H and O–H groups in total. The Bertz CT molecular complexity index is 1160. The van der Waals surface area contributed by atoms with Crippen molar-refractivity contribution >= 4 is 32.9 Å². The average molecular weight is 467 g/mol. The highest BCUT2D eigenvalue weighted by Crippen LogP contribution is 2.36. The molecule has 1 atom stereocenters. The molecule has 0 bridgehead atoms. The second kappa shape index (κ2) is 8.56. The minimum atomic E-state index is -2.95. The number of sulfone groups is 1. The number of hydrogen-bond acceptors (Lipinski definition) is 9. The second-order valence-electron chi connectivity index (χ2n) is 7.00. The topological polar surface area (TPSA) is 96.2 Å². The molecule has 1 saturated heterocycles. The fourth-order valence-corrected chi connectivity index (χ4v) is 6.92. The quantitative estimate of drug-likeness (QED) is 0.490. The van der Waals surface area contributed by atoms with Crippen molar-refractivity contribution in [2.24, 2.45) is 7.05 Å². The summed E-state index contributed by atoms with van der Waals surface area (Å²) in [6.45, 7) is 0. The number of thiazole rings is 1. The lowest BCUT2D eigenvalue weighted by Crippen LogP contribution is -2.09. The van der Waals surface area contributed by atoms with Crippen molar-refractivity contribution in [3.8, 4) is 22.1 Å². The molecule has 8 nitrogen and oxygen atoms in total. The van der Waals surface area contributed by atoms with E-state index < -0.39 is 9.84 Å². The maximum Gasteiger partial charge on any atom is 0.191 e. The number of methoxy groups -OCH3 is 2. The van der Waals surface area contributed by atoms with Crippen LogP contribution in [-0.2, 0) is 22.6 Å². The zero-order valence-corrected chi connectivity index (χ0v) is 19.3. The van der Waals surface area contributed by atoms with E-state index in [0.717, 1.165) is 33.0 Å². The summed E-state index contributed by atoms with van der Waals surface area (Å²) in [6.07, 6.45) is 0.609. The molecule has 0 radical (unpaired) electrons. The van der Waals surface area contributed by atoms with Crippen molar-refractivity contribution < 1.29 is 17.9 Å². The number of hydrogen-bond donors (Lipinski definition) is 0. The third-order valence-corrected chi connectivity index (χ3v) is 8.75. The monoisotopic (exact) mass is 466 g/mol. The van der Waals surface area contributed by atoms with Crippen molar-refractivity contribution in [3.05, 3.63) is 35.1 Å². The molecular formula is C19H22N4O4S3. The van der Waals surface area contributed by atoms with Crippen LogP contribution in [-0.4, -0.2) is 53.9 Å². The van der Waals surface area contributed by atoms with Crippen molar-refractivity contribution in [1.82, 2.24) is 19.7 Å². The first kappa shape index (κ1) is 21.1. The molecule has 30 heavy (non-hydrogen) atoms. The Morgan fingerprint density at radius 1 is 1.27 bits per heavy atom. The summed E-state index contributed by atoms with van der Waals surface area (Å²) in [7, 11) is 2.18. The molecular weight excluding hydrogens is 444 g/mol. The molecule has 0 saturated carbocycles. The first-order valence-corrected chi connectivity index (χ1v) is 13.0. The van der Waals surface area contributed by atoms with Crippen LogP contribution in [0.1, 0.15) is 23.9 Å². The van der Waals surface area contributed by atoms with Gasteiger partial charge >= 0.3 is 0 Å². The predicted molar refractivity (Wildman–Crippen MR) is 117 cm³/mol. The van der Waals surface area contributed by atoms with E-state index in [1.165, 1.54) is 11.8 Å². The third-order valence-electron chi connectivity index (χ3n) is 5.01. The van der Waals surface area contributed by atoms with Gasteiger partial charge in [-0.05, 0) is 18.6 Å². The van der Waals surface area contributed by atoms with E-state index in [1.54, 1.807) is 25.6 Å². The van der Waals surface area contributed by atoms with Gasteiger partial charge in [-0.1, -0.05) is 11.8 Å². The summed E-state index contributed by atoms with van der Waals surface area (Å²) in [5, 5.41) is 12.2. The minimum absolute atomic E-state index is 0.0738. The minimum Gasteiger partial charge on any atom is -0.497 e. The van der Waals surface area contributed by atoms with Gasteiger partial charge in [0.15, 0.2) is 15.0 Å². The maximum absolute atomic E-state index is 11.8. The highest BCUT2D eigenvalue weighted by atomic mass is 32.2. The smallest absolute Gasteiger partial charge is 0.191 e. The SMILES string of the molecule is COc1ccc(-c2nc(CSc3nnc(C4CCS(=O)(=O)C4)n3C)cs2)c(OC)c1. The normalized spacial score (nSPS) is 17.9. The van der Waals surface area contributed by atoms with Gasteiger partial charge in [-0.15, -0.1) is 21.5 Å². The molecule has 0 aliphatic carbocycles. The molecule has 0 spiro atoms. The van der Waals surface area contributed by atoms with E-state index in [0.29, 0.717) is 17.9 Å². The zero-order chi connectivity index (χ0) is 21.3. The van der Waals surface area contributed by atoms with E-state index in [9.17, 15) is 8.42 Å². The molecule has 3 heterocycles. The molecule has 2 aromatic heterocycles. The second-order valence-corrected chi connectivity index (χ2v) is 11.0. The van der Waals surface area contributed by atoms with Crippen LogP contribution in [0.5, 0.6) is 11.5 Å². The summed E-state index contributed by atoms with van der Waals surface area (Å²) >= 11 is 3.09. The van der Waals surface area contributed by atoms with Crippen molar-refractivity contribution in [2.45, 2.75) is 23.2 Å². The number of aromatic nitrogens is 4. The number of ether oxygens (including phenoxy) is 2. The Labute approximate surface area is 183 Å². The zero-order valence-electron chi connectivity index (χ0n) is 16.9. The molecule has 160 valence electrons. The van der Waals surface area contributed by atoms with E-state index >= 15 is 0 Å². The highest BCUT2D eigenvalue weighted by Gasteiger charge is 2.32. The van der Waals surface area contributed by atoms with Gasteiger partial charge in [-0.2, -0.15) is 0 Å². The van der Waals surface area contributed by atoms with E-state index in [1.807, 2.05) is 35.2 Å². The van der Waals surface area contributed by atoms with E-state index in [2.05, 4.69) is 10.2 Å². The summed E-state index contributed by atoms with van der Waals surface area (Å²) in [5.74, 6) is 3.13. The van der Waals surface area contributed by atoms with Crippen LogP contribution in [0.15, 0.2) is 28.7 Å². The van der Waals surface area contributed by atoms with E-state index in [-0.39, 0.29) is 17.4 Å². The van der Waals surface area contributed by atoms with Gasteiger partial charge in [0.2, 0.25) is 0 Å². The fraction of sp³-hybridized carbons (Fsp3) is 0.421. The van der Waals surface area contributed by atoms with Gasteiger partial charge < -0.3 is 14.0 Å². The molecule has 1 aliphatic heterocycles. The van der Waals surface area contributed by atoms with Crippen LogP contribution in [0.4, 0.5) is 0 Å². The first-order valence-electron chi connectivity index (χ1n) is 9.29. The summed E-state index contributed by atoms with van der Waals surface area (Å²) in [4.78, 5) is 4.73. The molecule has 1 aliphatic rings. The number of benzene rings is 1. The van der Waals surface area contributed by atoms with Crippen LogP contribution in [0, 0.1) is 0 Å². The van der Waals surface area contributed by atoms with Crippen LogP contribution in [0.25, 0.3) is 10.6 Å². The Morgan fingerprint density at radius 3 is 2.80 bits per heavy atom. The Morgan fingerprint density at radius 2 is 2.10 bits per heavy atom. The highest BCUT2D eigenvalue weighted by molar-refractivity contribution is 7.98. The predicted octanol–water partition coefficient (Wildman–Crippen LogP) is 3.15. The molecule has 3 aromatic rings. The van der Waals surface area contributed by atoms with Crippen molar-refractivity contribution in [3.63, 3.8) is 0 Å². The van der Waals surface area contributed by atoms with Gasteiger partial charge in [0.05, 0.1) is 37.0 Å². The van der Waals surface area contributed by atoms with Crippen LogP contribution in [0.2, 0.25) is 0 Å².